The molecule has 1 aliphatic rings. The summed E-state index contributed by atoms with van der Waals surface area (Å²) in [6, 6.07) is 4.40. The third kappa shape index (κ3) is 2.74. The summed E-state index contributed by atoms with van der Waals surface area (Å²) < 4.78 is 24.3. The second-order valence-electron chi connectivity index (χ2n) is 3.97. The Balaban J connectivity index is 2.09. The minimum absolute atomic E-state index is 0.0190. The van der Waals surface area contributed by atoms with Crippen LogP contribution in [0.5, 0.6) is 5.75 Å². The van der Waals surface area contributed by atoms with Crippen LogP contribution in [0, 0.1) is 11.2 Å². The van der Waals surface area contributed by atoms with E-state index in [1.165, 1.54) is 12.1 Å². The quantitative estimate of drug-likeness (QED) is 0.619. The Bertz CT molecular complexity index is 417. The van der Waals surface area contributed by atoms with Gasteiger partial charge in [0, 0.05) is 6.61 Å². The first-order valence-electron chi connectivity index (χ1n) is 5.56. The molecule has 1 aliphatic heterocycles. The van der Waals surface area contributed by atoms with Gasteiger partial charge in [0.2, 0.25) is 0 Å². The predicted molar refractivity (Wildman–Crippen MR) is 61.9 cm³/mol. The first-order chi connectivity index (χ1) is 8.18. The normalized spacial score (nSPS) is 19.2. The number of nitrogen functional groups attached to an aromatic ring is 1. The summed E-state index contributed by atoms with van der Waals surface area (Å²) in [4.78, 5) is 0. The van der Waals surface area contributed by atoms with Gasteiger partial charge in [0.15, 0.2) is 0 Å². The lowest BCUT2D eigenvalue weighted by Gasteiger charge is -2.14. The van der Waals surface area contributed by atoms with Gasteiger partial charge >= 0.3 is 0 Å². The molecule has 3 N–H and O–H groups in total. The largest absolute Gasteiger partial charge is 0.490 e. The third-order valence-corrected chi connectivity index (χ3v) is 2.69. The van der Waals surface area contributed by atoms with Gasteiger partial charge in [0.25, 0.3) is 0 Å². The van der Waals surface area contributed by atoms with Crippen molar-refractivity contribution >= 4 is 5.84 Å². The van der Waals surface area contributed by atoms with Gasteiger partial charge < -0.3 is 15.2 Å². The van der Waals surface area contributed by atoms with Crippen molar-refractivity contribution in [2.45, 2.75) is 18.9 Å². The molecular weight excluding hydrogens is 223 g/mol. The summed E-state index contributed by atoms with van der Waals surface area (Å²) in [6.07, 6.45) is 2.03. The maximum absolute atomic E-state index is 13.5. The average Bonchev–Trinajstić information content (AvgIpc) is 2.78. The van der Waals surface area contributed by atoms with Crippen LogP contribution in [0.4, 0.5) is 4.39 Å². The summed E-state index contributed by atoms with van der Waals surface area (Å²) >= 11 is 0. The average molecular weight is 238 g/mol. The minimum atomic E-state index is -0.539. The molecule has 1 heterocycles. The van der Waals surface area contributed by atoms with E-state index in [1.807, 2.05) is 0 Å². The Labute approximate surface area is 99.0 Å². The molecule has 4 nitrogen and oxygen atoms in total. The van der Waals surface area contributed by atoms with Crippen molar-refractivity contribution in [3.05, 3.63) is 29.6 Å². The highest BCUT2D eigenvalue weighted by Gasteiger charge is 2.18. The molecule has 0 spiro atoms. The Kier molecular flexibility index (Phi) is 3.58. The topological polar surface area (TPSA) is 68.3 Å². The van der Waals surface area contributed by atoms with Gasteiger partial charge in [0.05, 0.1) is 11.7 Å². The van der Waals surface area contributed by atoms with Crippen LogP contribution < -0.4 is 10.5 Å². The van der Waals surface area contributed by atoms with Crippen LogP contribution in [-0.4, -0.2) is 25.2 Å². The van der Waals surface area contributed by atoms with Crippen LogP contribution in [0.15, 0.2) is 18.2 Å². The first-order valence-corrected chi connectivity index (χ1v) is 5.56. The molecule has 1 atom stereocenters. The van der Waals surface area contributed by atoms with Crippen molar-refractivity contribution in [3.63, 3.8) is 0 Å². The van der Waals surface area contributed by atoms with Gasteiger partial charge in [-0.25, -0.2) is 4.39 Å². The number of nitrogens with two attached hydrogens (primary N) is 1. The maximum Gasteiger partial charge on any atom is 0.137 e. The predicted octanol–water partition coefficient (Wildman–Crippen LogP) is 1.67. The van der Waals surface area contributed by atoms with Gasteiger partial charge in [0.1, 0.15) is 24.0 Å². The number of halogens is 1. The number of hydrogen-bond donors (Lipinski definition) is 2. The maximum atomic E-state index is 13.5. The van der Waals surface area contributed by atoms with Crippen LogP contribution in [0.25, 0.3) is 0 Å². The van der Waals surface area contributed by atoms with Gasteiger partial charge in [-0.2, -0.15) is 0 Å². The summed E-state index contributed by atoms with van der Waals surface area (Å²) in [5.41, 5.74) is 5.35. The lowest BCUT2D eigenvalue weighted by Crippen LogP contribution is -2.20. The van der Waals surface area contributed by atoms with E-state index in [-0.39, 0.29) is 17.5 Å². The number of hydrogen-bond acceptors (Lipinski definition) is 3. The highest BCUT2D eigenvalue weighted by molar-refractivity contribution is 5.97. The first kappa shape index (κ1) is 11.9. The molecule has 1 fully saturated rings. The van der Waals surface area contributed by atoms with Crippen molar-refractivity contribution < 1.29 is 13.9 Å². The molecule has 0 aromatic heterocycles. The van der Waals surface area contributed by atoms with E-state index in [4.69, 9.17) is 20.6 Å². The molecule has 92 valence electrons. The van der Waals surface area contributed by atoms with Gasteiger partial charge in [-0.3, -0.25) is 5.41 Å². The molecule has 5 heteroatoms. The molecule has 1 saturated heterocycles. The number of ether oxygens (including phenoxy) is 2. The molecule has 1 unspecified atom stereocenters. The summed E-state index contributed by atoms with van der Waals surface area (Å²) in [7, 11) is 0. The van der Waals surface area contributed by atoms with Gasteiger partial charge in [-0.15, -0.1) is 0 Å². The summed E-state index contributed by atoms with van der Waals surface area (Å²) in [6.45, 7) is 1.11. The Morgan fingerprint density at radius 1 is 1.59 bits per heavy atom. The van der Waals surface area contributed by atoms with E-state index in [0.717, 1.165) is 19.4 Å². The standard InChI is InChI=1S/C12H15FN2O2/c13-9-4-1-5-10(11(9)12(14)15)17-7-8-3-2-6-16-8/h1,4-5,8H,2-3,6-7H2,(H3,14,15). The lowest BCUT2D eigenvalue weighted by atomic mass is 10.1. The highest BCUT2D eigenvalue weighted by Crippen LogP contribution is 2.22. The third-order valence-electron chi connectivity index (χ3n) is 2.69. The highest BCUT2D eigenvalue weighted by atomic mass is 19.1. The van der Waals surface area contributed by atoms with Crippen molar-refractivity contribution in [2.75, 3.05) is 13.2 Å². The van der Waals surface area contributed by atoms with E-state index in [0.29, 0.717) is 12.4 Å². The zero-order valence-corrected chi connectivity index (χ0v) is 9.41. The van der Waals surface area contributed by atoms with E-state index in [1.54, 1.807) is 6.07 Å². The van der Waals surface area contributed by atoms with Gasteiger partial charge in [-0.1, -0.05) is 6.07 Å². The van der Waals surface area contributed by atoms with E-state index < -0.39 is 5.82 Å². The van der Waals surface area contributed by atoms with Crippen molar-refractivity contribution in [1.82, 2.24) is 0 Å². The Hall–Kier alpha value is -1.62. The van der Waals surface area contributed by atoms with Crippen LogP contribution >= 0.6 is 0 Å². The Morgan fingerprint density at radius 3 is 3.06 bits per heavy atom. The molecule has 2 rings (SSSR count). The van der Waals surface area contributed by atoms with Crippen LogP contribution in [0.3, 0.4) is 0 Å². The molecule has 0 aliphatic carbocycles. The smallest absolute Gasteiger partial charge is 0.137 e. The molecule has 17 heavy (non-hydrogen) atoms. The Morgan fingerprint density at radius 2 is 2.41 bits per heavy atom. The molecule has 0 bridgehead atoms. The molecule has 1 aromatic rings. The number of rotatable bonds is 4. The van der Waals surface area contributed by atoms with Crippen molar-refractivity contribution in [2.24, 2.45) is 5.73 Å². The molecule has 1 aromatic carbocycles. The van der Waals surface area contributed by atoms with Crippen LogP contribution in [0.1, 0.15) is 18.4 Å². The fraction of sp³-hybridized carbons (Fsp3) is 0.417. The second-order valence-corrected chi connectivity index (χ2v) is 3.97. The minimum Gasteiger partial charge on any atom is -0.490 e. The number of nitrogens with one attached hydrogen (secondary N) is 1. The van der Waals surface area contributed by atoms with E-state index in [2.05, 4.69) is 0 Å². The molecule has 0 saturated carbocycles. The van der Waals surface area contributed by atoms with Crippen molar-refractivity contribution in [3.8, 4) is 5.75 Å². The molecule has 0 amide bonds. The van der Waals surface area contributed by atoms with E-state index >= 15 is 0 Å². The second kappa shape index (κ2) is 5.14. The zero-order valence-electron chi connectivity index (χ0n) is 9.41. The van der Waals surface area contributed by atoms with Gasteiger partial charge in [-0.05, 0) is 25.0 Å². The monoisotopic (exact) mass is 238 g/mol. The fourth-order valence-electron chi connectivity index (χ4n) is 1.84. The number of amidine groups is 1. The lowest BCUT2D eigenvalue weighted by molar-refractivity contribution is 0.0678. The fourth-order valence-corrected chi connectivity index (χ4v) is 1.84. The number of benzene rings is 1. The van der Waals surface area contributed by atoms with E-state index in [9.17, 15) is 4.39 Å². The van der Waals surface area contributed by atoms with Crippen LogP contribution in [0.2, 0.25) is 0 Å². The van der Waals surface area contributed by atoms with Crippen LogP contribution in [-0.2, 0) is 4.74 Å². The summed E-state index contributed by atoms with van der Waals surface area (Å²) in [5.74, 6) is -0.569. The SMILES string of the molecule is N=C(N)c1c(F)cccc1OCC1CCCO1. The molecular formula is C12H15FN2O2. The zero-order chi connectivity index (χ0) is 12.3. The molecule has 0 radical (unpaired) electrons. The van der Waals surface area contributed by atoms with Crippen molar-refractivity contribution in [1.29, 1.82) is 5.41 Å². The summed E-state index contributed by atoms with van der Waals surface area (Å²) in [5, 5.41) is 7.33.